The summed E-state index contributed by atoms with van der Waals surface area (Å²) >= 11 is 1.70. The van der Waals surface area contributed by atoms with Crippen molar-refractivity contribution in [2.24, 2.45) is 0 Å². The van der Waals surface area contributed by atoms with Crippen LogP contribution >= 0.6 is 11.8 Å². The number of ketones is 1. The van der Waals surface area contributed by atoms with Crippen LogP contribution in [0, 0.1) is 0 Å². The van der Waals surface area contributed by atoms with E-state index in [-0.39, 0.29) is 5.78 Å². The van der Waals surface area contributed by atoms with Crippen molar-refractivity contribution in [3.8, 4) is 0 Å². The van der Waals surface area contributed by atoms with Gasteiger partial charge in [-0.1, -0.05) is 38.0 Å². The van der Waals surface area contributed by atoms with Crippen molar-refractivity contribution in [1.82, 2.24) is 0 Å². The van der Waals surface area contributed by atoms with Crippen molar-refractivity contribution in [3.63, 3.8) is 0 Å². The number of Topliss-reactive ketones (excluding diaryl/α,β-unsaturated/α-hetero) is 1. The van der Waals surface area contributed by atoms with Gasteiger partial charge < -0.3 is 4.42 Å². The molecule has 0 aliphatic carbocycles. The lowest BCUT2D eigenvalue weighted by molar-refractivity contribution is 0.0994. The van der Waals surface area contributed by atoms with Crippen molar-refractivity contribution >= 4 is 28.5 Å². The van der Waals surface area contributed by atoms with E-state index in [9.17, 15) is 4.79 Å². The molecule has 0 aliphatic rings. The summed E-state index contributed by atoms with van der Waals surface area (Å²) in [5.41, 5.74) is 0.789. The SMILES string of the molecule is CCCCCSCC(=O)c1cc2ccccc2o1. The highest BCUT2D eigenvalue weighted by Crippen LogP contribution is 2.20. The summed E-state index contributed by atoms with van der Waals surface area (Å²) in [6, 6.07) is 9.56. The molecule has 1 aromatic carbocycles. The molecule has 3 heteroatoms. The number of carbonyl (C=O) groups is 1. The summed E-state index contributed by atoms with van der Waals surface area (Å²) in [5.74, 6) is 2.15. The van der Waals surface area contributed by atoms with Gasteiger partial charge in [0.25, 0.3) is 0 Å². The Labute approximate surface area is 112 Å². The Morgan fingerprint density at radius 2 is 2.11 bits per heavy atom. The van der Waals surface area contributed by atoms with Crippen molar-refractivity contribution in [2.75, 3.05) is 11.5 Å². The molecule has 96 valence electrons. The molecule has 0 spiro atoms. The van der Waals surface area contributed by atoms with Gasteiger partial charge in [0, 0.05) is 5.39 Å². The summed E-state index contributed by atoms with van der Waals surface area (Å²) in [7, 11) is 0. The van der Waals surface area contributed by atoms with E-state index in [2.05, 4.69) is 6.92 Å². The number of rotatable bonds is 7. The second-order valence-corrected chi connectivity index (χ2v) is 5.44. The maximum absolute atomic E-state index is 11.9. The first kappa shape index (κ1) is 13.2. The number of furan rings is 1. The largest absolute Gasteiger partial charge is 0.453 e. The second-order valence-electron chi connectivity index (χ2n) is 4.33. The van der Waals surface area contributed by atoms with E-state index in [0.717, 1.165) is 16.7 Å². The Balaban J connectivity index is 1.88. The maximum Gasteiger partial charge on any atom is 0.207 e. The van der Waals surface area contributed by atoms with Crippen LogP contribution in [0.2, 0.25) is 0 Å². The molecule has 2 rings (SSSR count). The van der Waals surface area contributed by atoms with E-state index < -0.39 is 0 Å². The molecule has 0 saturated heterocycles. The van der Waals surface area contributed by atoms with Crippen molar-refractivity contribution in [3.05, 3.63) is 36.1 Å². The predicted octanol–water partition coefficient (Wildman–Crippen LogP) is 4.54. The number of hydrogen-bond acceptors (Lipinski definition) is 3. The molecule has 0 radical (unpaired) electrons. The van der Waals surface area contributed by atoms with E-state index in [0.29, 0.717) is 11.5 Å². The van der Waals surface area contributed by atoms with Crippen molar-refractivity contribution in [1.29, 1.82) is 0 Å². The first-order valence-corrected chi connectivity index (χ1v) is 7.56. The standard InChI is InChI=1S/C15H18O2S/c1-2-3-6-9-18-11-13(16)15-10-12-7-4-5-8-14(12)17-15/h4-5,7-8,10H,2-3,6,9,11H2,1H3. The van der Waals surface area contributed by atoms with E-state index in [1.165, 1.54) is 19.3 Å². The molecule has 0 bridgehead atoms. The molecule has 1 aromatic heterocycles. The second kappa shape index (κ2) is 6.64. The fourth-order valence-corrected chi connectivity index (χ4v) is 2.69. The minimum Gasteiger partial charge on any atom is -0.453 e. The quantitative estimate of drug-likeness (QED) is 0.542. The minimum atomic E-state index is 0.0905. The number of benzene rings is 1. The van der Waals surface area contributed by atoms with Crippen LogP contribution < -0.4 is 0 Å². The zero-order chi connectivity index (χ0) is 12.8. The molecule has 0 unspecified atom stereocenters. The van der Waals surface area contributed by atoms with Crippen LogP contribution in [0.3, 0.4) is 0 Å². The molecule has 0 aliphatic heterocycles. The van der Waals surface area contributed by atoms with E-state index in [1.54, 1.807) is 11.8 Å². The van der Waals surface area contributed by atoms with Crippen molar-refractivity contribution < 1.29 is 9.21 Å². The normalized spacial score (nSPS) is 10.9. The topological polar surface area (TPSA) is 30.2 Å². The molecule has 2 nitrogen and oxygen atoms in total. The summed E-state index contributed by atoms with van der Waals surface area (Å²) in [6.45, 7) is 2.18. The predicted molar refractivity (Wildman–Crippen MR) is 77.4 cm³/mol. The van der Waals surface area contributed by atoms with Crippen LogP contribution in [0.15, 0.2) is 34.7 Å². The van der Waals surface area contributed by atoms with Crippen molar-refractivity contribution in [2.45, 2.75) is 26.2 Å². The zero-order valence-electron chi connectivity index (χ0n) is 10.6. The molecule has 0 saturated carbocycles. The molecule has 0 fully saturated rings. The molecule has 18 heavy (non-hydrogen) atoms. The number of para-hydroxylation sites is 1. The maximum atomic E-state index is 11.9. The highest BCUT2D eigenvalue weighted by molar-refractivity contribution is 7.99. The lowest BCUT2D eigenvalue weighted by Gasteiger charge is -1.98. The van der Waals surface area contributed by atoms with Gasteiger partial charge in [-0.2, -0.15) is 11.8 Å². The first-order valence-electron chi connectivity index (χ1n) is 6.41. The van der Waals surface area contributed by atoms with Gasteiger partial charge in [0.15, 0.2) is 5.76 Å². The Hall–Kier alpha value is -1.22. The van der Waals surface area contributed by atoms with E-state index >= 15 is 0 Å². The van der Waals surface area contributed by atoms with Gasteiger partial charge in [0.2, 0.25) is 5.78 Å². The van der Waals surface area contributed by atoms with Gasteiger partial charge >= 0.3 is 0 Å². The Bertz CT molecular complexity index is 483. The third kappa shape index (κ3) is 3.39. The minimum absolute atomic E-state index is 0.0905. The number of unbranched alkanes of at least 4 members (excludes halogenated alkanes) is 2. The van der Waals surface area contributed by atoms with Gasteiger partial charge in [0.1, 0.15) is 5.58 Å². The van der Waals surface area contributed by atoms with Crippen LogP contribution in [0.25, 0.3) is 11.0 Å². The number of fused-ring (bicyclic) bond motifs is 1. The summed E-state index contributed by atoms with van der Waals surface area (Å²) < 4.78 is 5.55. The number of hydrogen-bond donors (Lipinski definition) is 0. The van der Waals surface area contributed by atoms with Gasteiger partial charge in [-0.3, -0.25) is 4.79 Å². The van der Waals surface area contributed by atoms with E-state index in [1.807, 2.05) is 30.3 Å². The number of carbonyl (C=O) groups excluding carboxylic acids is 1. The van der Waals surface area contributed by atoms with Crippen LogP contribution in [0.5, 0.6) is 0 Å². The number of thioether (sulfide) groups is 1. The van der Waals surface area contributed by atoms with Gasteiger partial charge in [0.05, 0.1) is 5.75 Å². The highest BCUT2D eigenvalue weighted by Gasteiger charge is 2.11. The smallest absolute Gasteiger partial charge is 0.207 e. The average molecular weight is 262 g/mol. The molecule has 0 N–H and O–H groups in total. The highest BCUT2D eigenvalue weighted by atomic mass is 32.2. The van der Waals surface area contributed by atoms with Crippen LogP contribution in [0.4, 0.5) is 0 Å². The van der Waals surface area contributed by atoms with Gasteiger partial charge in [-0.15, -0.1) is 0 Å². The lowest BCUT2D eigenvalue weighted by atomic mass is 10.2. The first-order chi connectivity index (χ1) is 8.81. The molecular formula is C15H18O2S. The summed E-state index contributed by atoms with van der Waals surface area (Å²) in [4.78, 5) is 11.9. The summed E-state index contributed by atoms with van der Waals surface area (Å²) in [6.07, 6.45) is 3.65. The van der Waals surface area contributed by atoms with Crippen LogP contribution in [-0.4, -0.2) is 17.3 Å². The molecule has 1 heterocycles. The average Bonchev–Trinajstić information content (AvgIpc) is 2.82. The van der Waals surface area contributed by atoms with Gasteiger partial charge in [-0.05, 0) is 24.3 Å². The third-order valence-corrected chi connectivity index (χ3v) is 3.87. The fraction of sp³-hybridized carbons (Fsp3) is 0.400. The third-order valence-electron chi connectivity index (χ3n) is 2.83. The molecule has 2 aromatic rings. The van der Waals surface area contributed by atoms with E-state index in [4.69, 9.17) is 4.42 Å². The Morgan fingerprint density at radius 1 is 1.28 bits per heavy atom. The van der Waals surface area contributed by atoms with Crippen LogP contribution in [0.1, 0.15) is 36.7 Å². The molecule has 0 atom stereocenters. The summed E-state index contributed by atoms with van der Waals surface area (Å²) in [5, 5.41) is 0.997. The molecular weight excluding hydrogens is 244 g/mol. The van der Waals surface area contributed by atoms with Crippen LogP contribution in [-0.2, 0) is 0 Å². The Morgan fingerprint density at radius 3 is 2.89 bits per heavy atom. The van der Waals surface area contributed by atoms with Gasteiger partial charge in [-0.25, -0.2) is 0 Å². The zero-order valence-corrected chi connectivity index (χ0v) is 11.5. The Kier molecular flexibility index (Phi) is 4.88. The fourth-order valence-electron chi connectivity index (χ4n) is 1.81. The monoisotopic (exact) mass is 262 g/mol. The molecule has 0 amide bonds. The lowest BCUT2D eigenvalue weighted by Crippen LogP contribution is -2.01.